The first kappa shape index (κ1) is 14.5. The molecule has 5 nitrogen and oxygen atoms in total. The third kappa shape index (κ3) is 2.92. The summed E-state index contributed by atoms with van der Waals surface area (Å²) in [5.41, 5.74) is 4.37. The number of nitrogens with one attached hydrogen (secondary N) is 1. The standard InChI is InChI=1S/C16H16N4OS/c1-10-4-6-12(7-5-10)13-9-22-16(17-13)18-15(21)14-11(2)8-20(3)19-14/h4-9H,1-3H3,(H,17,18,21). The Balaban J connectivity index is 1.78. The Hall–Kier alpha value is -2.47. The van der Waals surface area contributed by atoms with Gasteiger partial charge < -0.3 is 0 Å². The quantitative estimate of drug-likeness (QED) is 0.806. The summed E-state index contributed by atoms with van der Waals surface area (Å²) in [5, 5.41) is 9.48. The van der Waals surface area contributed by atoms with Crippen LogP contribution in [0.1, 0.15) is 21.6 Å². The second-order valence-electron chi connectivity index (χ2n) is 5.19. The predicted octanol–water partition coefficient (Wildman–Crippen LogP) is 3.41. The topological polar surface area (TPSA) is 59.8 Å². The van der Waals surface area contributed by atoms with Crippen molar-refractivity contribution >= 4 is 22.4 Å². The molecule has 0 atom stereocenters. The predicted molar refractivity (Wildman–Crippen MR) is 88.2 cm³/mol. The molecule has 22 heavy (non-hydrogen) atoms. The van der Waals surface area contributed by atoms with E-state index >= 15 is 0 Å². The van der Waals surface area contributed by atoms with E-state index in [-0.39, 0.29) is 5.91 Å². The normalized spacial score (nSPS) is 10.7. The summed E-state index contributed by atoms with van der Waals surface area (Å²) < 4.78 is 1.63. The van der Waals surface area contributed by atoms with Crippen LogP contribution in [0.3, 0.4) is 0 Å². The smallest absolute Gasteiger partial charge is 0.278 e. The molecule has 3 aromatic rings. The lowest BCUT2D eigenvalue weighted by Crippen LogP contribution is -2.14. The number of aryl methyl sites for hydroxylation is 3. The van der Waals surface area contributed by atoms with E-state index in [4.69, 9.17) is 0 Å². The molecule has 0 spiro atoms. The largest absolute Gasteiger partial charge is 0.296 e. The van der Waals surface area contributed by atoms with Crippen LogP contribution in [0.15, 0.2) is 35.8 Å². The molecule has 3 rings (SSSR count). The molecule has 0 aliphatic rings. The van der Waals surface area contributed by atoms with Gasteiger partial charge in [-0.3, -0.25) is 14.8 Å². The summed E-state index contributed by atoms with van der Waals surface area (Å²) in [5.74, 6) is -0.233. The Bertz CT molecular complexity index is 817. The lowest BCUT2D eigenvalue weighted by atomic mass is 10.1. The number of thiazole rings is 1. The van der Waals surface area contributed by atoms with Gasteiger partial charge in [0.25, 0.3) is 5.91 Å². The second kappa shape index (κ2) is 5.73. The number of hydrogen-bond acceptors (Lipinski definition) is 4. The molecule has 112 valence electrons. The highest BCUT2D eigenvalue weighted by atomic mass is 32.1. The van der Waals surface area contributed by atoms with Gasteiger partial charge >= 0.3 is 0 Å². The van der Waals surface area contributed by atoms with Crippen LogP contribution < -0.4 is 5.32 Å². The van der Waals surface area contributed by atoms with Gasteiger partial charge in [-0.1, -0.05) is 29.8 Å². The van der Waals surface area contributed by atoms with E-state index in [9.17, 15) is 4.79 Å². The highest BCUT2D eigenvalue weighted by molar-refractivity contribution is 7.14. The molecule has 0 bridgehead atoms. The van der Waals surface area contributed by atoms with Gasteiger partial charge in [-0.2, -0.15) is 5.10 Å². The van der Waals surface area contributed by atoms with Crippen molar-refractivity contribution in [2.45, 2.75) is 13.8 Å². The lowest BCUT2D eigenvalue weighted by Gasteiger charge is -2.00. The van der Waals surface area contributed by atoms with Crippen LogP contribution in [0.4, 0.5) is 5.13 Å². The van der Waals surface area contributed by atoms with E-state index in [1.807, 2.05) is 49.7 Å². The number of carbonyl (C=O) groups excluding carboxylic acids is 1. The number of nitrogens with zero attached hydrogens (tertiary/aromatic N) is 3. The number of hydrogen-bond donors (Lipinski definition) is 1. The van der Waals surface area contributed by atoms with Gasteiger partial charge in [0.1, 0.15) is 0 Å². The summed E-state index contributed by atoms with van der Waals surface area (Å²) in [4.78, 5) is 16.7. The average molecular weight is 312 g/mol. The van der Waals surface area contributed by atoms with E-state index in [0.717, 1.165) is 16.8 Å². The third-order valence-electron chi connectivity index (χ3n) is 3.30. The fourth-order valence-corrected chi connectivity index (χ4v) is 2.89. The van der Waals surface area contributed by atoms with Crippen molar-refractivity contribution in [2.24, 2.45) is 7.05 Å². The first-order valence-electron chi connectivity index (χ1n) is 6.87. The van der Waals surface area contributed by atoms with Gasteiger partial charge in [-0.25, -0.2) is 4.98 Å². The second-order valence-corrected chi connectivity index (χ2v) is 6.05. The van der Waals surface area contributed by atoms with E-state index in [0.29, 0.717) is 10.8 Å². The lowest BCUT2D eigenvalue weighted by molar-refractivity contribution is 0.102. The average Bonchev–Trinajstić information content (AvgIpc) is 3.06. The summed E-state index contributed by atoms with van der Waals surface area (Å²) in [6.45, 7) is 3.91. The maximum atomic E-state index is 12.2. The molecule has 1 N–H and O–H groups in total. The minimum absolute atomic E-state index is 0.233. The minimum Gasteiger partial charge on any atom is -0.296 e. The summed E-state index contributed by atoms with van der Waals surface area (Å²) in [6, 6.07) is 8.14. The van der Waals surface area contributed by atoms with Crippen LogP contribution in [-0.4, -0.2) is 20.7 Å². The molecule has 2 heterocycles. The molecule has 2 aromatic heterocycles. The first-order valence-corrected chi connectivity index (χ1v) is 7.75. The zero-order valence-corrected chi connectivity index (χ0v) is 13.4. The number of anilines is 1. The van der Waals surface area contributed by atoms with E-state index in [1.54, 1.807) is 11.7 Å². The molecule has 0 saturated heterocycles. The Morgan fingerprint density at radius 1 is 1.23 bits per heavy atom. The van der Waals surface area contributed by atoms with Crippen molar-refractivity contribution in [1.82, 2.24) is 14.8 Å². The zero-order chi connectivity index (χ0) is 15.7. The van der Waals surface area contributed by atoms with Gasteiger partial charge in [-0.15, -0.1) is 11.3 Å². The Labute approximate surface area is 132 Å². The summed E-state index contributed by atoms with van der Waals surface area (Å²) >= 11 is 1.41. The third-order valence-corrected chi connectivity index (χ3v) is 4.06. The molecule has 1 aromatic carbocycles. The molecule has 0 unspecified atom stereocenters. The fraction of sp³-hybridized carbons (Fsp3) is 0.188. The van der Waals surface area contributed by atoms with E-state index in [2.05, 4.69) is 15.4 Å². The first-order chi connectivity index (χ1) is 10.5. The maximum Gasteiger partial charge on any atom is 0.278 e. The molecule has 1 amide bonds. The Kier molecular flexibility index (Phi) is 3.77. The molecule has 0 radical (unpaired) electrons. The van der Waals surface area contributed by atoms with Gasteiger partial charge in [0.15, 0.2) is 10.8 Å². The highest BCUT2D eigenvalue weighted by Crippen LogP contribution is 2.25. The maximum absolute atomic E-state index is 12.2. The van der Waals surface area contributed by atoms with Gasteiger partial charge in [0.05, 0.1) is 5.69 Å². The molecule has 0 saturated carbocycles. The molecule has 0 aliphatic carbocycles. The Morgan fingerprint density at radius 3 is 2.59 bits per heavy atom. The van der Waals surface area contributed by atoms with Gasteiger partial charge in [-0.05, 0) is 13.8 Å². The monoisotopic (exact) mass is 312 g/mol. The van der Waals surface area contributed by atoms with Crippen molar-refractivity contribution < 1.29 is 4.79 Å². The zero-order valence-electron chi connectivity index (χ0n) is 12.6. The van der Waals surface area contributed by atoms with Crippen LogP contribution in [0.5, 0.6) is 0 Å². The van der Waals surface area contributed by atoms with Gasteiger partial charge in [0.2, 0.25) is 0 Å². The number of aromatic nitrogens is 3. The molecular weight excluding hydrogens is 296 g/mol. The van der Waals surface area contributed by atoms with Crippen molar-refractivity contribution in [3.05, 3.63) is 52.7 Å². The molecule has 6 heteroatoms. The summed E-state index contributed by atoms with van der Waals surface area (Å²) in [6.07, 6.45) is 1.81. The fourth-order valence-electron chi connectivity index (χ4n) is 2.18. The van der Waals surface area contributed by atoms with E-state index < -0.39 is 0 Å². The highest BCUT2D eigenvalue weighted by Gasteiger charge is 2.15. The van der Waals surface area contributed by atoms with E-state index in [1.165, 1.54) is 16.9 Å². The van der Waals surface area contributed by atoms with Crippen LogP contribution in [0.25, 0.3) is 11.3 Å². The summed E-state index contributed by atoms with van der Waals surface area (Å²) in [7, 11) is 1.79. The number of carbonyl (C=O) groups is 1. The number of rotatable bonds is 3. The minimum atomic E-state index is -0.233. The van der Waals surface area contributed by atoms with Crippen molar-refractivity contribution in [2.75, 3.05) is 5.32 Å². The van der Waals surface area contributed by atoms with Crippen LogP contribution >= 0.6 is 11.3 Å². The number of amides is 1. The molecule has 0 aliphatic heterocycles. The number of benzene rings is 1. The Morgan fingerprint density at radius 2 is 1.95 bits per heavy atom. The van der Waals surface area contributed by atoms with Crippen LogP contribution in [-0.2, 0) is 7.05 Å². The van der Waals surface area contributed by atoms with Crippen molar-refractivity contribution in [3.63, 3.8) is 0 Å². The molecule has 0 fully saturated rings. The van der Waals surface area contributed by atoms with Crippen LogP contribution in [0, 0.1) is 13.8 Å². The van der Waals surface area contributed by atoms with Crippen molar-refractivity contribution in [1.29, 1.82) is 0 Å². The molecular formula is C16H16N4OS. The van der Waals surface area contributed by atoms with Crippen LogP contribution in [0.2, 0.25) is 0 Å². The van der Waals surface area contributed by atoms with Crippen molar-refractivity contribution in [3.8, 4) is 11.3 Å². The van der Waals surface area contributed by atoms with Gasteiger partial charge in [0, 0.05) is 29.8 Å². The SMILES string of the molecule is Cc1ccc(-c2csc(NC(=O)c3nn(C)cc3C)n2)cc1.